The Hall–Kier alpha value is -0.900. The van der Waals surface area contributed by atoms with Gasteiger partial charge in [0.2, 0.25) is 0 Å². The molecular formula is C18H33N3. The van der Waals surface area contributed by atoms with E-state index < -0.39 is 0 Å². The number of benzene rings is 1. The molecule has 0 spiro atoms. The number of nitrogens with two attached hydrogens (primary N) is 1. The van der Waals surface area contributed by atoms with E-state index >= 15 is 0 Å². The minimum Gasteiger partial charge on any atom is -0.329 e. The molecule has 1 aromatic carbocycles. The normalized spacial score (nSPS) is 13.1. The van der Waals surface area contributed by atoms with Gasteiger partial charge in [0.1, 0.15) is 0 Å². The van der Waals surface area contributed by atoms with Crippen molar-refractivity contribution in [1.29, 1.82) is 0 Å². The van der Waals surface area contributed by atoms with Crippen molar-refractivity contribution < 1.29 is 0 Å². The smallest absolute Gasteiger partial charge is 0.0470 e. The number of nitrogens with zero attached hydrogens (tertiary/aromatic N) is 2. The van der Waals surface area contributed by atoms with Gasteiger partial charge in [-0.05, 0) is 45.1 Å². The molecule has 0 bridgehead atoms. The monoisotopic (exact) mass is 291 g/mol. The van der Waals surface area contributed by atoms with Crippen LogP contribution in [0.2, 0.25) is 0 Å². The molecule has 0 aliphatic carbocycles. The molecule has 0 saturated carbocycles. The Kier molecular flexibility index (Phi) is 8.58. The zero-order valence-electron chi connectivity index (χ0n) is 14.3. The first-order chi connectivity index (χ1) is 10.2. The van der Waals surface area contributed by atoms with Crippen molar-refractivity contribution in [2.45, 2.75) is 40.2 Å². The molecule has 0 saturated heterocycles. The van der Waals surface area contributed by atoms with Gasteiger partial charge in [-0.25, -0.2) is 0 Å². The quantitative estimate of drug-likeness (QED) is 0.719. The summed E-state index contributed by atoms with van der Waals surface area (Å²) in [7, 11) is 0. The molecule has 21 heavy (non-hydrogen) atoms. The number of rotatable bonds is 10. The fourth-order valence-electron chi connectivity index (χ4n) is 2.94. The van der Waals surface area contributed by atoms with E-state index in [2.05, 4.69) is 61.8 Å². The Bertz CT molecular complexity index is 388. The Balaban J connectivity index is 2.63. The highest BCUT2D eigenvalue weighted by molar-refractivity contribution is 5.25. The summed E-state index contributed by atoms with van der Waals surface area (Å²) >= 11 is 0. The average molecular weight is 291 g/mol. The summed E-state index contributed by atoms with van der Waals surface area (Å²) in [6, 6.07) is 9.10. The number of hydrogen-bond donors (Lipinski definition) is 1. The van der Waals surface area contributed by atoms with Crippen molar-refractivity contribution in [3.05, 3.63) is 35.4 Å². The molecular weight excluding hydrogens is 258 g/mol. The second-order valence-corrected chi connectivity index (χ2v) is 5.67. The van der Waals surface area contributed by atoms with Crippen LogP contribution in [0.5, 0.6) is 0 Å². The fraction of sp³-hybridized carbons (Fsp3) is 0.667. The Morgan fingerprint density at radius 3 is 2.29 bits per heavy atom. The lowest BCUT2D eigenvalue weighted by Gasteiger charge is -2.31. The highest BCUT2D eigenvalue weighted by Gasteiger charge is 2.17. The molecule has 3 heteroatoms. The maximum Gasteiger partial charge on any atom is 0.0470 e. The van der Waals surface area contributed by atoms with Gasteiger partial charge in [-0.2, -0.15) is 0 Å². The van der Waals surface area contributed by atoms with Crippen LogP contribution in [0.25, 0.3) is 0 Å². The fourth-order valence-corrected chi connectivity index (χ4v) is 2.94. The van der Waals surface area contributed by atoms with E-state index in [1.807, 2.05) is 0 Å². The van der Waals surface area contributed by atoms with Gasteiger partial charge in [0, 0.05) is 19.1 Å². The zero-order valence-corrected chi connectivity index (χ0v) is 14.3. The molecule has 0 aliphatic heterocycles. The molecule has 0 amide bonds. The molecule has 1 aromatic rings. The van der Waals surface area contributed by atoms with Crippen molar-refractivity contribution in [2.75, 3.05) is 39.3 Å². The van der Waals surface area contributed by atoms with E-state index in [1.54, 1.807) is 0 Å². The minimum absolute atomic E-state index is 0.339. The van der Waals surface area contributed by atoms with Gasteiger partial charge in [-0.15, -0.1) is 0 Å². The summed E-state index contributed by atoms with van der Waals surface area (Å²) in [5, 5.41) is 0. The van der Waals surface area contributed by atoms with Crippen LogP contribution in [0, 0.1) is 6.92 Å². The van der Waals surface area contributed by atoms with Gasteiger partial charge < -0.3 is 10.6 Å². The van der Waals surface area contributed by atoms with Crippen LogP contribution in [0.1, 0.15) is 44.4 Å². The van der Waals surface area contributed by atoms with Crippen LogP contribution >= 0.6 is 0 Å². The van der Waals surface area contributed by atoms with Crippen molar-refractivity contribution >= 4 is 0 Å². The molecule has 0 radical (unpaired) electrons. The third-order valence-corrected chi connectivity index (χ3v) is 4.31. The standard InChI is InChI=1S/C18H33N3/c1-5-20(6-2)12-9-13-21(7-3)18(15-19)17-11-8-10-16(4)14-17/h8,10-11,14,18H,5-7,9,12-13,15,19H2,1-4H3. The Morgan fingerprint density at radius 1 is 1.05 bits per heavy atom. The van der Waals surface area contributed by atoms with Crippen LogP contribution in [0.15, 0.2) is 24.3 Å². The molecule has 0 heterocycles. The van der Waals surface area contributed by atoms with Crippen LogP contribution in [-0.4, -0.2) is 49.1 Å². The van der Waals surface area contributed by atoms with Gasteiger partial charge in [0.15, 0.2) is 0 Å². The van der Waals surface area contributed by atoms with E-state index in [0.29, 0.717) is 12.6 Å². The highest BCUT2D eigenvalue weighted by Crippen LogP contribution is 2.20. The van der Waals surface area contributed by atoms with Crippen LogP contribution < -0.4 is 5.73 Å². The first kappa shape index (κ1) is 18.1. The van der Waals surface area contributed by atoms with Crippen LogP contribution in [0.4, 0.5) is 0 Å². The molecule has 0 aromatic heterocycles. The summed E-state index contributed by atoms with van der Waals surface area (Å²) in [6.45, 7) is 15.1. The zero-order chi connectivity index (χ0) is 15.7. The third kappa shape index (κ3) is 5.77. The number of likely N-dealkylation sites (N-methyl/N-ethyl adjacent to an activating group) is 1. The van der Waals surface area contributed by atoms with Gasteiger partial charge in [0.05, 0.1) is 0 Å². The van der Waals surface area contributed by atoms with E-state index in [0.717, 1.165) is 26.2 Å². The molecule has 120 valence electrons. The first-order valence-electron chi connectivity index (χ1n) is 8.39. The highest BCUT2D eigenvalue weighted by atomic mass is 15.2. The van der Waals surface area contributed by atoms with Crippen LogP contribution in [-0.2, 0) is 0 Å². The SMILES string of the molecule is CCN(CC)CCCN(CC)C(CN)c1cccc(C)c1. The van der Waals surface area contributed by atoms with E-state index in [9.17, 15) is 0 Å². The van der Waals surface area contributed by atoms with Crippen molar-refractivity contribution in [3.63, 3.8) is 0 Å². The maximum atomic E-state index is 6.06. The summed E-state index contributed by atoms with van der Waals surface area (Å²) in [5.41, 5.74) is 8.72. The molecule has 1 rings (SSSR count). The average Bonchev–Trinajstić information content (AvgIpc) is 2.50. The summed E-state index contributed by atoms with van der Waals surface area (Å²) < 4.78 is 0. The van der Waals surface area contributed by atoms with Gasteiger partial charge in [-0.1, -0.05) is 50.6 Å². The predicted octanol–water partition coefficient (Wildman–Crippen LogP) is 3.05. The van der Waals surface area contributed by atoms with Crippen molar-refractivity contribution in [1.82, 2.24) is 9.80 Å². The third-order valence-electron chi connectivity index (χ3n) is 4.31. The van der Waals surface area contributed by atoms with E-state index in [4.69, 9.17) is 5.73 Å². The van der Waals surface area contributed by atoms with Gasteiger partial charge >= 0.3 is 0 Å². The molecule has 2 N–H and O–H groups in total. The molecule has 3 nitrogen and oxygen atoms in total. The molecule has 0 fully saturated rings. The van der Waals surface area contributed by atoms with Crippen molar-refractivity contribution in [3.8, 4) is 0 Å². The lowest BCUT2D eigenvalue weighted by Crippen LogP contribution is -2.36. The Morgan fingerprint density at radius 2 is 1.76 bits per heavy atom. The minimum atomic E-state index is 0.339. The largest absolute Gasteiger partial charge is 0.329 e. The topological polar surface area (TPSA) is 32.5 Å². The molecule has 1 unspecified atom stereocenters. The summed E-state index contributed by atoms with van der Waals surface area (Å²) in [4.78, 5) is 5.00. The number of aryl methyl sites for hydroxylation is 1. The Labute approximate surface area is 131 Å². The summed E-state index contributed by atoms with van der Waals surface area (Å²) in [5.74, 6) is 0. The number of hydrogen-bond acceptors (Lipinski definition) is 3. The lowest BCUT2D eigenvalue weighted by molar-refractivity contribution is 0.193. The van der Waals surface area contributed by atoms with Crippen LogP contribution in [0.3, 0.4) is 0 Å². The first-order valence-corrected chi connectivity index (χ1v) is 8.39. The van der Waals surface area contributed by atoms with E-state index in [-0.39, 0.29) is 0 Å². The van der Waals surface area contributed by atoms with Gasteiger partial charge in [0.25, 0.3) is 0 Å². The second-order valence-electron chi connectivity index (χ2n) is 5.67. The van der Waals surface area contributed by atoms with Gasteiger partial charge in [-0.3, -0.25) is 4.90 Å². The van der Waals surface area contributed by atoms with Crippen molar-refractivity contribution in [2.24, 2.45) is 5.73 Å². The summed E-state index contributed by atoms with van der Waals surface area (Å²) in [6.07, 6.45) is 1.21. The molecule has 1 atom stereocenters. The maximum absolute atomic E-state index is 6.06. The second kappa shape index (κ2) is 9.93. The predicted molar refractivity (Wildman–Crippen MR) is 92.6 cm³/mol. The lowest BCUT2D eigenvalue weighted by atomic mass is 10.0. The van der Waals surface area contributed by atoms with E-state index in [1.165, 1.54) is 24.1 Å². The molecule has 0 aliphatic rings.